The first-order valence-corrected chi connectivity index (χ1v) is 10.9. The van der Waals surface area contributed by atoms with Crippen LogP contribution in [0.4, 0.5) is 24.5 Å². The second kappa shape index (κ2) is 8.47. The maximum atomic E-state index is 12.8. The van der Waals surface area contributed by atoms with E-state index in [1.807, 2.05) is 0 Å². The molecule has 0 radical (unpaired) electrons. The summed E-state index contributed by atoms with van der Waals surface area (Å²) < 4.78 is 61.4. The largest absolute Gasteiger partial charge is 0.416 e. The molecule has 0 unspecified atom stereocenters. The van der Waals surface area contributed by atoms with Crippen molar-refractivity contribution in [2.24, 2.45) is 5.92 Å². The number of carbonyl (C=O) groups is 2. The van der Waals surface area contributed by atoms with Gasteiger partial charge in [0.05, 0.1) is 17.1 Å². The first kappa shape index (κ1) is 21.8. The van der Waals surface area contributed by atoms with Crippen LogP contribution in [0.25, 0.3) is 0 Å². The number of amides is 2. The zero-order valence-corrected chi connectivity index (χ0v) is 16.5. The molecule has 2 amide bonds. The highest BCUT2D eigenvalue weighted by Gasteiger charge is 2.31. The lowest BCUT2D eigenvalue weighted by atomic mass is 10.0. The Morgan fingerprint density at radius 2 is 1.67 bits per heavy atom. The predicted molar refractivity (Wildman–Crippen MR) is 106 cm³/mol. The Morgan fingerprint density at radius 1 is 1.00 bits per heavy atom. The highest BCUT2D eigenvalue weighted by atomic mass is 32.2. The van der Waals surface area contributed by atoms with Crippen LogP contribution in [0.15, 0.2) is 48.5 Å². The van der Waals surface area contributed by atoms with Crippen LogP contribution in [-0.4, -0.2) is 31.7 Å². The fraction of sp³-hybridized carbons (Fsp3) is 0.300. The Balaban J connectivity index is 1.63. The Hall–Kier alpha value is -2.88. The average molecular weight is 440 g/mol. The number of carbonyl (C=O) groups excluding carboxylic acids is 2. The number of nitrogens with one attached hydrogen (secondary N) is 2. The Morgan fingerprint density at radius 3 is 2.30 bits per heavy atom. The summed E-state index contributed by atoms with van der Waals surface area (Å²) in [5.74, 6) is -1.17. The van der Waals surface area contributed by atoms with Crippen molar-refractivity contribution in [3.63, 3.8) is 0 Å². The third-order valence-electron chi connectivity index (χ3n) is 4.66. The standard InChI is InChI=1S/C20H19F3N2O4S/c21-20(22,23)15-4-2-6-17(11-15)25-19(27)14-3-1-5-16(10-14)24-18(26)9-13-7-8-30(28,29)12-13/h1-6,10-11,13H,7-9,12H2,(H,24,26)(H,25,27)/t13-/m1/s1. The summed E-state index contributed by atoms with van der Waals surface area (Å²) >= 11 is 0. The first-order chi connectivity index (χ1) is 14.0. The smallest absolute Gasteiger partial charge is 0.326 e. The van der Waals surface area contributed by atoms with E-state index >= 15 is 0 Å². The fourth-order valence-corrected chi connectivity index (χ4v) is 5.08. The molecule has 0 aromatic heterocycles. The molecule has 0 aliphatic carbocycles. The topological polar surface area (TPSA) is 92.3 Å². The van der Waals surface area contributed by atoms with Gasteiger partial charge in [0.25, 0.3) is 5.91 Å². The maximum absolute atomic E-state index is 12.8. The van der Waals surface area contributed by atoms with Gasteiger partial charge in [-0.2, -0.15) is 13.2 Å². The minimum Gasteiger partial charge on any atom is -0.326 e. The summed E-state index contributed by atoms with van der Waals surface area (Å²) in [5, 5.41) is 5.02. The lowest BCUT2D eigenvalue weighted by Gasteiger charge is -2.11. The third kappa shape index (κ3) is 5.82. The molecule has 1 fully saturated rings. The van der Waals surface area contributed by atoms with Crippen LogP contribution in [0.3, 0.4) is 0 Å². The van der Waals surface area contributed by atoms with Gasteiger partial charge in [0.2, 0.25) is 5.91 Å². The zero-order chi connectivity index (χ0) is 21.9. The number of rotatable bonds is 5. The molecule has 0 bridgehead atoms. The molecule has 1 saturated heterocycles. The molecule has 1 heterocycles. The van der Waals surface area contributed by atoms with Crippen LogP contribution in [-0.2, 0) is 20.8 Å². The van der Waals surface area contributed by atoms with Crippen LogP contribution < -0.4 is 10.6 Å². The third-order valence-corrected chi connectivity index (χ3v) is 6.49. The average Bonchev–Trinajstić information content (AvgIpc) is 2.99. The van der Waals surface area contributed by atoms with E-state index in [1.54, 1.807) is 6.07 Å². The van der Waals surface area contributed by atoms with Crippen molar-refractivity contribution in [1.29, 1.82) is 0 Å². The fourth-order valence-electron chi connectivity index (χ4n) is 3.22. The summed E-state index contributed by atoms with van der Waals surface area (Å²) in [5.41, 5.74) is -0.409. The van der Waals surface area contributed by atoms with Crippen molar-refractivity contribution in [1.82, 2.24) is 0 Å². The van der Waals surface area contributed by atoms with Crippen LogP contribution >= 0.6 is 0 Å². The van der Waals surface area contributed by atoms with Gasteiger partial charge >= 0.3 is 6.18 Å². The minimum absolute atomic E-state index is 0.00768. The lowest BCUT2D eigenvalue weighted by Crippen LogP contribution is -2.18. The lowest BCUT2D eigenvalue weighted by molar-refractivity contribution is -0.137. The molecule has 0 spiro atoms. The molecule has 160 valence electrons. The Bertz CT molecular complexity index is 1070. The highest BCUT2D eigenvalue weighted by Crippen LogP contribution is 2.30. The minimum atomic E-state index is -4.52. The molecule has 2 aromatic rings. The summed E-state index contributed by atoms with van der Waals surface area (Å²) in [6.07, 6.45) is -4.03. The van der Waals surface area contributed by atoms with E-state index in [0.717, 1.165) is 12.1 Å². The number of benzene rings is 2. The van der Waals surface area contributed by atoms with Crippen LogP contribution in [0.2, 0.25) is 0 Å². The molecular weight excluding hydrogens is 421 g/mol. The highest BCUT2D eigenvalue weighted by molar-refractivity contribution is 7.91. The van der Waals surface area contributed by atoms with Gasteiger partial charge in [0, 0.05) is 23.4 Å². The van der Waals surface area contributed by atoms with Gasteiger partial charge in [-0.3, -0.25) is 9.59 Å². The molecule has 1 atom stereocenters. The van der Waals surface area contributed by atoms with Crippen molar-refractivity contribution < 1.29 is 31.2 Å². The maximum Gasteiger partial charge on any atom is 0.416 e. The normalized spacial score (nSPS) is 18.0. The van der Waals surface area contributed by atoms with Gasteiger partial charge < -0.3 is 10.6 Å². The monoisotopic (exact) mass is 440 g/mol. The summed E-state index contributed by atoms with van der Waals surface area (Å²) in [6.45, 7) is 0. The molecule has 0 saturated carbocycles. The van der Waals surface area contributed by atoms with Gasteiger partial charge in [-0.05, 0) is 48.7 Å². The summed E-state index contributed by atoms with van der Waals surface area (Å²) in [6, 6.07) is 10.2. The van der Waals surface area contributed by atoms with Crippen LogP contribution in [0, 0.1) is 5.92 Å². The predicted octanol–water partition coefficient (Wildman–Crippen LogP) is 3.72. The van der Waals surface area contributed by atoms with Crippen molar-refractivity contribution in [3.8, 4) is 0 Å². The van der Waals surface area contributed by atoms with E-state index in [-0.39, 0.29) is 41.0 Å². The van der Waals surface area contributed by atoms with Crippen LogP contribution in [0.5, 0.6) is 0 Å². The molecule has 1 aliphatic rings. The SMILES string of the molecule is O=C(C[C@H]1CCS(=O)(=O)C1)Nc1cccc(C(=O)Nc2cccc(C(F)(F)F)c2)c1. The van der Waals surface area contributed by atoms with Crippen molar-refractivity contribution in [2.75, 3.05) is 22.1 Å². The Labute approximate surface area is 171 Å². The zero-order valence-electron chi connectivity index (χ0n) is 15.7. The molecule has 2 N–H and O–H groups in total. The quantitative estimate of drug-likeness (QED) is 0.741. The van der Waals surface area contributed by atoms with Gasteiger partial charge in [-0.15, -0.1) is 0 Å². The van der Waals surface area contributed by atoms with E-state index in [2.05, 4.69) is 10.6 Å². The Kier molecular flexibility index (Phi) is 6.16. The van der Waals surface area contributed by atoms with Gasteiger partial charge in [0.1, 0.15) is 0 Å². The van der Waals surface area contributed by atoms with E-state index in [9.17, 15) is 31.2 Å². The van der Waals surface area contributed by atoms with E-state index in [0.29, 0.717) is 12.1 Å². The van der Waals surface area contributed by atoms with E-state index in [4.69, 9.17) is 0 Å². The molecule has 10 heteroatoms. The van der Waals surface area contributed by atoms with Gasteiger partial charge in [-0.25, -0.2) is 8.42 Å². The number of halogens is 3. The molecule has 30 heavy (non-hydrogen) atoms. The number of hydrogen-bond donors (Lipinski definition) is 2. The van der Waals surface area contributed by atoms with Gasteiger partial charge in [0.15, 0.2) is 9.84 Å². The number of sulfone groups is 1. The van der Waals surface area contributed by atoms with Gasteiger partial charge in [-0.1, -0.05) is 12.1 Å². The summed E-state index contributed by atoms with van der Waals surface area (Å²) in [4.78, 5) is 24.6. The molecule has 1 aliphatic heterocycles. The molecule has 3 rings (SSSR count). The second-order valence-corrected chi connectivity index (χ2v) is 9.36. The first-order valence-electron chi connectivity index (χ1n) is 9.11. The summed E-state index contributed by atoms with van der Waals surface area (Å²) in [7, 11) is -3.08. The molecular formula is C20H19F3N2O4S. The van der Waals surface area contributed by atoms with E-state index < -0.39 is 27.5 Å². The number of alkyl halides is 3. The number of hydrogen-bond acceptors (Lipinski definition) is 4. The number of anilines is 2. The molecule has 6 nitrogen and oxygen atoms in total. The second-order valence-electron chi connectivity index (χ2n) is 7.13. The molecule has 2 aromatic carbocycles. The van der Waals surface area contributed by atoms with Crippen molar-refractivity contribution in [3.05, 3.63) is 59.7 Å². The van der Waals surface area contributed by atoms with Crippen LogP contribution in [0.1, 0.15) is 28.8 Å². The van der Waals surface area contributed by atoms with E-state index in [1.165, 1.54) is 30.3 Å². The van der Waals surface area contributed by atoms with Crippen molar-refractivity contribution in [2.45, 2.75) is 19.0 Å². The van der Waals surface area contributed by atoms with Crippen molar-refractivity contribution >= 4 is 33.0 Å².